The zero-order valence-corrected chi connectivity index (χ0v) is 15.4. The van der Waals surface area contributed by atoms with Gasteiger partial charge in [-0.25, -0.2) is 4.98 Å². The molecule has 3 aromatic rings. The van der Waals surface area contributed by atoms with E-state index in [1.54, 1.807) is 11.5 Å². The summed E-state index contributed by atoms with van der Waals surface area (Å²) in [5.41, 5.74) is 2.81. The third-order valence-corrected chi connectivity index (χ3v) is 4.45. The number of para-hydroxylation sites is 2. The molecule has 1 amide bonds. The Bertz CT molecular complexity index is 982. The lowest BCUT2D eigenvalue weighted by molar-refractivity contribution is -0.121. The van der Waals surface area contributed by atoms with Crippen molar-refractivity contribution in [1.29, 1.82) is 0 Å². The van der Waals surface area contributed by atoms with Crippen LogP contribution in [0, 0.1) is 6.92 Å². The summed E-state index contributed by atoms with van der Waals surface area (Å²) in [5, 5.41) is 2.89. The van der Waals surface area contributed by atoms with Crippen molar-refractivity contribution >= 4 is 32.9 Å². The molecule has 6 heteroatoms. The molecule has 1 heterocycles. The molecule has 0 saturated heterocycles. The van der Waals surface area contributed by atoms with Crippen molar-refractivity contribution in [3.8, 4) is 0 Å². The lowest BCUT2D eigenvalue weighted by Gasteiger charge is -2.11. The van der Waals surface area contributed by atoms with Crippen LogP contribution >= 0.6 is 15.9 Å². The molecule has 3 rings (SSSR count). The van der Waals surface area contributed by atoms with Crippen LogP contribution in [0.3, 0.4) is 0 Å². The van der Waals surface area contributed by atoms with Crippen molar-refractivity contribution in [2.75, 3.05) is 0 Å². The Kier molecular flexibility index (Phi) is 5.28. The molecule has 0 unspecified atom stereocenters. The molecule has 2 aromatic carbocycles. The minimum atomic E-state index is -0.154. The van der Waals surface area contributed by atoms with E-state index in [4.69, 9.17) is 0 Å². The number of aromatic nitrogens is 2. The van der Waals surface area contributed by atoms with Crippen molar-refractivity contribution in [1.82, 2.24) is 14.9 Å². The second-order valence-electron chi connectivity index (χ2n) is 5.80. The van der Waals surface area contributed by atoms with Gasteiger partial charge in [0.2, 0.25) is 5.91 Å². The van der Waals surface area contributed by atoms with E-state index < -0.39 is 0 Å². The third kappa shape index (κ3) is 4.14. The van der Waals surface area contributed by atoms with Gasteiger partial charge in [0.05, 0.1) is 11.0 Å². The molecule has 128 valence electrons. The van der Waals surface area contributed by atoms with Crippen LogP contribution in [0.4, 0.5) is 0 Å². The number of hydrogen-bond acceptors (Lipinski definition) is 3. The number of hydrogen-bond donors (Lipinski definition) is 1. The Labute approximate surface area is 153 Å². The zero-order chi connectivity index (χ0) is 17.8. The van der Waals surface area contributed by atoms with Gasteiger partial charge >= 0.3 is 0 Å². The molecule has 0 saturated carbocycles. The van der Waals surface area contributed by atoms with Gasteiger partial charge < -0.3 is 9.88 Å². The molecule has 0 atom stereocenters. The second-order valence-corrected chi connectivity index (χ2v) is 6.72. The summed E-state index contributed by atoms with van der Waals surface area (Å²) >= 11 is 3.41. The predicted octanol–water partition coefficient (Wildman–Crippen LogP) is 3.17. The largest absolute Gasteiger partial charge is 0.352 e. The molecule has 0 spiro atoms. The Hall–Kier alpha value is -2.47. The van der Waals surface area contributed by atoms with Crippen LogP contribution in [0.2, 0.25) is 0 Å². The Balaban J connectivity index is 1.69. The first kappa shape index (κ1) is 17.4. The van der Waals surface area contributed by atoms with Gasteiger partial charge in [-0.2, -0.15) is 0 Å². The van der Waals surface area contributed by atoms with Gasteiger partial charge in [-0.1, -0.05) is 40.2 Å². The van der Waals surface area contributed by atoms with E-state index in [2.05, 4.69) is 26.2 Å². The van der Waals surface area contributed by atoms with Crippen LogP contribution in [-0.4, -0.2) is 15.5 Å². The minimum Gasteiger partial charge on any atom is -0.352 e. The number of aryl methyl sites for hydroxylation is 2. The van der Waals surface area contributed by atoms with E-state index in [1.807, 2.05) is 48.5 Å². The number of nitrogens with one attached hydrogen (secondary N) is 1. The summed E-state index contributed by atoms with van der Waals surface area (Å²) in [4.78, 5) is 28.8. The molecular weight excluding hydrogens is 382 g/mol. The fourth-order valence-electron chi connectivity index (χ4n) is 2.69. The zero-order valence-electron chi connectivity index (χ0n) is 13.8. The first-order chi connectivity index (χ1) is 12.0. The maximum atomic E-state index is 12.4. The quantitative estimate of drug-likeness (QED) is 0.716. The average molecular weight is 400 g/mol. The van der Waals surface area contributed by atoms with Gasteiger partial charge in [0.1, 0.15) is 5.69 Å². The first-order valence-corrected chi connectivity index (χ1v) is 8.81. The number of nitrogens with zero attached hydrogens (tertiary/aromatic N) is 2. The molecule has 5 nitrogen and oxygen atoms in total. The molecule has 0 aliphatic heterocycles. The molecule has 25 heavy (non-hydrogen) atoms. The Morgan fingerprint density at radius 2 is 2.00 bits per heavy atom. The maximum absolute atomic E-state index is 12.4. The molecule has 0 aliphatic carbocycles. The second kappa shape index (κ2) is 7.61. The highest BCUT2D eigenvalue weighted by Gasteiger charge is 2.09. The van der Waals surface area contributed by atoms with Crippen LogP contribution < -0.4 is 10.9 Å². The lowest BCUT2D eigenvalue weighted by Crippen LogP contribution is -2.28. The van der Waals surface area contributed by atoms with Gasteiger partial charge in [0.15, 0.2) is 0 Å². The van der Waals surface area contributed by atoms with Crippen LogP contribution in [0.5, 0.6) is 0 Å². The number of rotatable bonds is 5. The maximum Gasteiger partial charge on any atom is 0.272 e. The van der Waals surface area contributed by atoms with Crippen molar-refractivity contribution in [2.24, 2.45) is 0 Å². The Morgan fingerprint density at radius 3 is 2.80 bits per heavy atom. The number of halogens is 1. The summed E-state index contributed by atoms with van der Waals surface area (Å²) in [6, 6.07) is 15.2. The standard InChI is InChI=1S/C19H18BrN3O2/c1-13-19(25)23(17-8-3-2-7-16(17)22-13)10-9-18(24)21-12-14-5-4-6-15(20)11-14/h2-8,11H,9-10,12H2,1H3,(H,21,24). The van der Waals surface area contributed by atoms with Crippen LogP contribution in [0.25, 0.3) is 11.0 Å². The van der Waals surface area contributed by atoms with E-state index >= 15 is 0 Å². The SMILES string of the molecule is Cc1nc2ccccc2n(CCC(=O)NCc2cccc(Br)c2)c1=O. The number of benzene rings is 2. The molecular formula is C19H18BrN3O2. The van der Waals surface area contributed by atoms with Crippen LogP contribution in [0.1, 0.15) is 17.7 Å². The topological polar surface area (TPSA) is 64.0 Å². The highest BCUT2D eigenvalue weighted by molar-refractivity contribution is 9.10. The van der Waals surface area contributed by atoms with E-state index in [1.165, 1.54) is 0 Å². The lowest BCUT2D eigenvalue weighted by atomic mass is 10.2. The third-order valence-electron chi connectivity index (χ3n) is 3.96. The van der Waals surface area contributed by atoms with Crippen LogP contribution in [-0.2, 0) is 17.9 Å². The number of carbonyl (C=O) groups is 1. The van der Waals surface area contributed by atoms with E-state index in [0.717, 1.165) is 21.1 Å². The van der Waals surface area contributed by atoms with Crippen LogP contribution in [0.15, 0.2) is 57.8 Å². The molecule has 0 fully saturated rings. The fourth-order valence-corrected chi connectivity index (χ4v) is 3.14. The molecule has 0 aliphatic rings. The molecule has 1 aromatic heterocycles. The summed E-state index contributed by atoms with van der Waals surface area (Å²) < 4.78 is 2.60. The summed E-state index contributed by atoms with van der Waals surface area (Å²) in [6.07, 6.45) is 0.237. The highest BCUT2D eigenvalue weighted by atomic mass is 79.9. The smallest absolute Gasteiger partial charge is 0.272 e. The van der Waals surface area contributed by atoms with Gasteiger partial charge in [-0.05, 0) is 36.8 Å². The minimum absolute atomic E-state index is 0.0922. The van der Waals surface area contributed by atoms with E-state index in [0.29, 0.717) is 18.8 Å². The van der Waals surface area contributed by atoms with Crippen molar-refractivity contribution in [2.45, 2.75) is 26.4 Å². The van der Waals surface area contributed by atoms with Gasteiger partial charge in [-0.3, -0.25) is 9.59 Å². The normalized spacial score (nSPS) is 10.8. The number of amides is 1. The van der Waals surface area contributed by atoms with Gasteiger partial charge in [-0.15, -0.1) is 0 Å². The fraction of sp³-hybridized carbons (Fsp3) is 0.211. The van der Waals surface area contributed by atoms with Crippen molar-refractivity contribution in [3.05, 3.63) is 74.6 Å². The van der Waals surface area contributed by atoms with E-state index in [-0.39, 0.29) is 17.9 Å². The number of carbonyl (C=O) groups excluding carboxylic acids is 1. The van der Waals surface area contributed by atoms with Crippen molar-refractivity contribution in [3.63, 3.8) is 0 Å². The highest BCUT2D eigenvalue weighted by Crippen LogP contribution is 2.12. The predicted molar refractivity (Wildman–Crippen MR) is 101 cm³/mol. The van der Waals surface area contributed by atoms with Gasteiger partial charge in [0.25, 0.3) is 5.56 Å². The first-order valence-electron chi connectivity index (χ1n) is 8.02. The average Bonchev–Trinajstić information content (AvgIpc) is 2.60. The summed E-state index contributed by atoms with van der Waals surface area (Å²) in [5.74, 6) is -0.0922. The van der Waals surface area contributed by atoms with Crippen molar-refractivity contribution < 1.29 is 4.79 Å². The van der Waals surface area contributed by atoms with Gasteiger partial charge in [0, 0.05) is 24.0 Å². The molecule has 0 bridgehead atoms. The summed E-state index contributed by atoms with van der Waals surface area (Å²) in [7, 11) is 0. The summed E-state index contributed by atoms with van der Waals surface area (Å²) in [6.45, 7) is 2.48. The monoisotopic (exact) mass is 399 g/mol. The number of fused-ring (bicyclic) bond motifs is 1. The Morgan fingerprint density at radius 1 is 1.20 bits per heavy atom. The van der Waals surface area contributed by atoms with E-state index in [9.17, 15) is 9.59 Å². The molecule has 1 N–H and O–H groups in total. The molecule has 0 radical (unpaired) electrons.